The summed E-state index contributed by atoms with van der Waals surface area (Å²) in [6.07, 6.45) is -3.85. The summed E-state index contributed by atoms with van der Waals surface area (Å²) < 4.78 is 43.5. The van der Waals surface area contributed by atoms with Gasteiger partial charge in [-0.25, -0.2) is 0 Å². The third-order valence-corrected chi connectivity index (χ3v) is 4.94. The molecule has 0 saturated carbocycles. The lowest BCUT2D eigenvalue weighted by Gasteiger charge is -2.22. The first kappa shape index (κ1) is 21.7. The van der Waals surface area contributed by atoms with Gasteiger partial charge in [-0.3, -0.25) is 9.59 Å². The van der Waals surface area contributed by atoms with E-state index in [1.165, 1.54) is 12.1 Å². The SMILES string of the molecule is CCOc1ccc(C(=O)N2CCCN(C(=O)c3ccc(C(F)(F)F)cc3)CC2)cc1. The van der Waals surface area contributed by atoms with Crippen LogP contribution in [0.15, 0.2) is 48.5 Å². The largest absolute Gasteiger partial charge is 0.494 e. The van der Waals surface area contributed by atoms with Crippen molar-refractivity contribution in [3.8, 4) is 5.75 Å². The first-order chi connectivity index (χ1) is 14.3. The van der Waals surface area contributed by atoms with E-state index in [1.54, 1.807) is 34.1 Å². The van der Waals surface area contributed by atoms with Crippen molar-refractivity contribution in [3.63, 3.8) is 0 Å². The number of halogens is 3. The summed E-state index contributed by atoms with van der Waals surface area (Å²) in [6.45, 7) is 4.05. The molecule has 0 atom stereocenters. The molecule has 0 radical (unpaired) electrons. The van der Waals surface area contributed by atoms with Gasteiger partial charge in [-0.1, -0.05) is 0 Å². The maximum atomic E-state index is 12.8. The van der Waals surface area contributed by atoms with Crippen LogP contribution in [0.3, 0.4) is 0 Å². The molecule has 1 aliphatic rings. The Kier molecular flexibility index (Phi) is 6.64. The summed E-state index contributed by atoms with van der Waals surface area (Å²) in [5.41, 5.74) is -0.0442. The zero-order valence-corrected chi connectivity index (χ0v) is 16.6. The molecule has 30 heavy (non-hydrogen) atoms. The third-order valence-electron chi connectivity index (χ3n) is 4.94. The molecule has 8 heteroatoms. The Morgan fingerprint density at radius 3 is 1.73 bits per heavy atom. The zero-order chi connectivity index (χ0) is 21.7. The van der Waals surface area contributed by atoms with Gasteiger partial charge >= 0.3 is 6.18 Å². The fourth-order valence-electron chi connectivity index (χ4n) is 3.35. The molecule has 3 rings (SSSR count). The Balaban J connectivity index is 1.62. The summed E-state index contributed by atoms with van der Waals surface area (Å²) in [5, 5.41) is 0. The van der Waals surface area contributed by atoms with Crippen molar-refractivity contribution in [3.05, 3.63) is 65.2 Å². The van der Waals surface area contributed by atoms with E-state index in [2.05, 4.69) is 0 Å². The van der Waals surface area contributed by atoms with Gasteiger partial charge in [-0.05, 0) is 61.9 Å². The van der Waals surface area contributed by atoms with Gasteiger partial charge in [0.15, 0.2) is 0 Å². The first-order valence-electron chi connectivity index (χ1n) is 9.78. The van der Waals surface area contributed by atoms with Gasteiger partial charge in [0, 0.05) is 37.3 Å². The minimum Gasteiger partial charge on any atom is -0.494 e. The highest BCUT2D eigenvalue weighted by Gasteiger charge is 2.30. The van der Waals surface area contributed by atoms with E-state index in [4.69, 9.17) is 4.74 Å². The molecule has 2 aromatic carbocycles. The summed E-state index contributed by atoms with van der Waals surface area (Å²) >= 11 is 0. The number of hydrogen-bond acceptors (Lipinski definition) is 3. The molecule has 0 bridgehead atoms. The van der Waals surface area contributed by atoms with Crippen molar-refractivity contribution in [2.45, 2.75) is 19.5 Å². The van der Waals surface area contributed by atoms with Gasteiger partial charge in [0.2, 0.25) is 0 Å². The van der Waals surface area contributed by atoms with Gasteiger partial charge in [-0.15, -0.1) is 0 Å². The smallest absolute Gasteiger partial charge is 0.416 e. The molecule has 0 aliphatic carbocycles. The standard InChI is InChI=1S/C22H23F3N2O3/c1-2-30-19-10-6-17(7-11-19)21(29)27-13-3-12-26(14-15-27)20(28)16-4-8-18(9-5-16)22(23,24)25/h4-11H,2-3,12-15H2,1H3. The fourth-order valence-corrected chi connectivity index (χ4v) is 3.35. The van der Waals surface area contributed by atoms with E-state index in [0.29, 0.717) is 50.5 Å². The monoisotopic (exact) mass is 420 g/mol. The van der Waals surface area contributed by atoms with Crippen LogP contribution in [0.5, 0.6) is 5.75 Å². The van der Waals surface area contributed by atoms with Crippen LogP contribution in [0.25, 0.3) is 0 Å². The Labute approximate surface area is 173 Å². The van der Waals surface area contributed by atoms with Crippen LogP contribution in [0.2, 0.25) is 0 Å². The normalized spacial score (nSPS) is 14.9. The van der Waals surface area contributed by atoms with Crippen molar-refractivity contribution in [1.82, 2.24) is 9.80 Å². The van der Waals surface area contributed by atoms with Crippen molar-refractivity contribution >= 4 is 11.8 Å². The molecule has 0 spiro atoms. The predicted molar refractivity (Wildman–Crippen MR) is 105 cm³/mol. The van der Waals surface area contributed by atoms with Gasteiger partial charge in [0.1, 0.15) is 5.75 Å². The number of benzene rings is 2. The number of hydrogen-bond donors (Lipinski definition) is 0. The molecule has 2 amide bonds. The molecule has 1 aliphatic heterocycles. The van der Waals surface area contributed by atoms with Crippen molar-refractivity contribution < 1.29 is 27.5 Å². The lowest BCUT2D eigenvalue weighted by molar-refractivity contribution is -0.137. The molecule has 0 aromatic heterocycles. The van der Waals surface area contributed by atoms with E-state index in [0.717, 1.165) is 12.1 Å². The average Bonchev–Trinajstić information content (AvgIpc) is 2.99. The highest BCUT2D eigenvalue weighted by atomic mass is 19.4. The van der Waals surface area contributed by atoms with Gasteiger partial charge in [0.05, 0.1) is 12.2 Å². The number of nitrogens with zero attached hydrogens (tertiary/aromatic N) is 2. The topological polar surface area (TPSA) is 49.9 Å². The summed E-state index contributed by atoms with van der Waals surface area (Å²) in [7, 11) is 0. The van der Waals surface area contributed by atoms with Crippen molar-refractivity contribution in [2.24, 2.45) is 0 Å². The van der Waals surface area contributed by atoms with Crippen LogP contribution < -0.4 is 4.74 Å². The molecule has 1 heterocycles. The molecule has 1 saturated heterocycles. The Morgan fingerprint density at radius 1 is 0.833 bits per heavy atom. The van der Waals surface area contributed by atoms with E-state index in [1.807, 2.05) is 6.92 Å². The summed E-state index contributed by atoms with van der Waals surface area (Å²) in [4.78, 5) is 28.7. The van der Waals surface area contributed by atoms with Crippen LogP contribution >= 0.6 is 0 Å². The minimum absolute atomic E-state index is 0.123. The van der Waals surface area contributed by atoms with Crippen LogP contribution in [0.4, 0.5) is 13.2 Å². The van der Waals surface area contributed by atoms with Crippen LogP contribution in [0, 0.1) is 0 Å². The highest BCUT2D eigenvalue weighted by molar-refractivity contribution is 5.95. The lowest BCUT2D eigenvalue weighted by Crippen LogP contribution is -2.37. The molecule has 0 N–H and O–H groups in total. The van der Waals surface area contributed by atoms with Crippen molar-refractivity contribution in [1.29, 1.82) is 0 Å². The molecule has 1 fully saturated rings. The Hall–Kier alpha value is -3.03. The second kappa shape index (κ2) is 9.19. The number of amides is 2. The maximum absolute atomic E-state index is 12.8. The molecular formula is C22H23F3N2O3. The number of ether oxygens (including phenoxy) is 1. The van der Waals surface area contributed by atoms with E-state index in [9.17, 15) is 22.8 Å². The highest BCUT2D eigenvalue weighted by Crippen LogP contribution is 2.29. The van der Waals surface area contributed by atoms with Gasteiger partial charge < -0.3 is 14.5 Å². The first-order valence-corrected chi connectivity index (χ1v) is 9.78. The maximum Gasteiger partial charge on any atom is 0.416 e. The van der Waals surface area contributed by atoms with E-state index < -0.39 is 11.7 Å². The fraction of sp³-hybridized carbons (Fsp3) is 0.364. The number of carbonyl (C=O) groups is 2. The summed E-state index contributed by atoms with van der Waals surface area (Å²) in [5.74, 6) is 0.235. The Bertz CT molecular complexity index is 880. The average molecular weight is 420 g/mol. The van der Waals surface area contributed by atoms with Crippen molar-refractivity contribution in [2.75, 3.05) is 32.8 Å². The second-order valence-corrected chi connectivity index (χ2v) is 6.97. The quantitative estimate of drug-likeness (QED) is 0.749. The second-order valence-electron chi connectivity index (χ2n) is 6.97. The van der Waals surface area contributed by atoms with E-state index in [-0.39, 0.29) is 17.4 Å². The van der Waals surface area contributed by atoms with Crippen LogP contribution in [0.1, 0.15) is 39.6 Å². The number of alkyl halides is 3. The molecule has 5 nitrogen and oxygen atoms in total. The predicted octanol–water partition coefficient (Wildman–Crippen LogP) is 4.09. The van der Waals surface area contributed by atoms with Gasteiger partial charge in [-0.2, -0.15) is 13.2 Å². The van der Waals surface area contributed by atoms with Crippen LogP contribution in [-0.4, -0.2) is 54.4 Å². The molecular weight excluding hydrogens is 397 g/mol. The number of carbonyl (C=O) groups excluding carboxylic acids is 2. The zero-order valence-electron chi connectivity index (χ0n) is 16.6. The third kappa shape index (κ3) is 5.11. The minimum atomic E-state index is -4.44. The van der Waals surface area contributed by atoms with Gasteiger partial charge in [0.25, 0.3) is 11.8 Å². The number of rotatable bonds is 4. The van der Waals surface area contributed by atoms with E-state index >= 15 is 0 Å². The lowest BCUT2D eigenvalue weighted by atomic mass is 10.1. The molecule has 160 valence electrons. The molecule has 0 unspecified atom stereocenters. The van der Waals surface area contributed by atoms with Crippen LogP contribution in [-0.2, 0) is 6.18 Å². The summed E-state index contributed by atoms with van der Waals surface area (Å²) in [6, 6.07) is 11.1. The molecule has 2 aromatic rings. The Morgan fingerprint density at radius 2 is 1.30 bits per heavy atom.